The maximum absolute atomic E-state index is 13.6. The molecule has 1 aliphatic carbocycles. The van der Waals surface area contributed by atoms with Crippen LogP contribution in [0.15, 0.2) is 24.3 Å². The minimum Gasteiger partial charge on any atom is -0.367 e. The summed E-state index contributed by atoms with van der Waals surface area (Å²) < 4.78 is 41.6. The van der Waals surface area contributed by atoms with Gasteiger partial charge in [0, 0.05) is 17.8 Å². The lowest BCUT2D eigenvalue weighted by Gasteiger charge is -2.33. The molecule has 0 bridgehead atoms. The molecule has 1 aromatic heterocycles. The van der Waals surface area contributed by atoms with Crippen LogP contribution in [0.5, 0.6) is 0 Å². The number of rotatable bonds is 3. The molecule has 2 atom stereocenters. The Kier molecular flexibility index (Phi) is 4.16. The number of anilines is 2. The molecule has 0 radical (unpaired) electrons. The van der Waals surface area contributed by atoms with Crippen LogP contribution in [0, 0.1) is 19.8 Å². The highest BCUT2D eigenvalue weighted by molar-refractivity contribution is 6.04. The number of benzene rings is 1. The van der Waals surface area contributed by atoms with Crippen molar-refractivity contribution < 1.29 is 18.0 Å². The van der Waals surface area contributed by atoms with Crippen LogP contribution < -0.4 is 10.6 Å². The number of aryl methyl sites for hydroxylation is 2. The minimum atomic E-state index is -4.41. The van der Waals surface area contributed by atoms with Gasteiger partial charge in [0.2, 0.25) is 0 Å². The number of halogens is 3. The van der Waals surface area contributed by atoms with E-state index in [2.05, 4.69) is 15.7 Å². The van der Waals surface area contributed by atoms with Gasteiger partial charge in [-0.3, -0.25) is 4.79 Å². The molecule has 2 N–H and O–H groups in total. The monoisotopic (exact) mass is 378 g/mol. The Morgan fingerprint density at radius 3 is 2.52 bits per heavy atom. The predicted octanol–water partition coefficient (Wildman–Crippen LogP) is 4.45. The lowest BCUT2D eigenvalue weighted by Crippen LogP contribution is -2.40. The highest BCUT2D eigenvalue weighted by Gasteiger charge is 2.49. The largest absolute Gasteiger partial charge is 0.410 e. The second-order valence-corrected chi connectivity index (χ2v) is 7.46. The van der Waals surface area contributed by atoms with Crippen LogP contribution in [-0.2, 0) is 0 Å². The number of amides is 1. The van der Waals surface area contributed by atoms with Crippen molar-refractivity contribution >= 4 is 17.4 Å². The quantitative estimate of drug-likeness (QED) is 0.830. The van der Waals surface area contributed by atoms with E-state index in [-0.39, 0.29) is 29.9 Å². The molecule has 0 unspecified atom stereocenters. The molecule has 2 heterocycles. The molecule has 4 rings (SSSR count). The maximum Gasteiger partial charge on any atom is 0.410 e. The van der Waals surface area contributed by atoms with E-state index < -0.39 is 18.1 Å². The van der Waals surface area contributed by atoms with Crippen molar-refractivity contribution in [2.45, 2.75) is 51.4 Å². The van der Waals surface area contributed by atoms with Gasteiger partial charge < -0.3 is 10.6 Å². The van der Waals surface area contributed by atoms with Gasteiger partial charge >= 0.3 is 6.18 Å². The molecular weight excluding hydrogens is 357 g/mol. The Labute approximate surface area is 154 Å². The van der Waals surface area contributed by atoms with Gasteiger partial charge in [0.25, 0.3) is 5.91 Å². The first kappa shape index (κ1) is 17.9. The molecule has 5 nitrogen and oxygen atoms in total. The first-order valence-corrected chi connectivity index (χ1v) is 9.04. The van der Waals surface area contributed by atoms with Gasteiger partial charge in [0.15, 0.2) is 11.7 Å². The van der Waals surface area contributed by atoms with Crippen LogP contribution >= 0.6 is 0 Å². The number of carbonyl (C=O) groups is 1. The number of para-hydroxylation sites is 1. The predicted molar refractivity (Wildman–Crippen MR) is 95.9 cm³/mol. The summed E-state index contributed by atoms with van der Waals surface area (Å²) in [6.07, 6.45) is -2.58. The minimum absolute atomic E-state index is 0.0224. The van der Waals surface area contributed by atoms with Crippen molar-refractivity contribution in [2.75, 3.05) is 10.6 Å². The molecule has 1 aromatic carbocycles. The first-order chi connectivity index (χ1) is 12.7. The molecule has 27 heavy (non-hydrogen) atoms. The van der Waals surface area contributed by atoms with Gasteiger partial charge in [-0.05, 0) is 50.2 Å². The van der Waals surface area contributed by atoms with Gasteiger partial charge in [-0.1, -0.05) is 18.2 Å². The molecule has 1 amide bonds. The fourth-order valence-corrected chi connectivity index (χ4v) is 3.71. The molecule has 144 valence electrons. The zero-order valence-corrected chi connectivity index (χ0v) is 15.1. The summed E-state index contributed by atoms with van der Waals surface area (Å²) in [4.78, 5) is 12.6. The van der Waals surface area contributed by atoms with Gasteiger partial charge in [0.1, 0.15) is 5.82 Å². The molecule has 1 fully saturated rings. The molecule has 1 saturated carbocycles. The van der Waals surface area contributed by atoms with Crippen LogP contribution in [0.1, 0.15) is 46.9 Å². The van der Waals surface area contributed by atoms with Crippen LogP contribution in [0.25, 0.3) is 0 Å². The number of hydrogen-bond acceptors (Lipinski definition) is 3. The number of alkyl halides is 3. The summed E-state index contributed by atoms with van der Waals surface area (Å²) in [5.41, 5.74) is 2.40. The molecule has 2 aliphatic rings. The molecular formula is C19H21F3N4O. The van der Waals surface area contributed by atoms with Crippen LogP contribution in [-0.4, -0.2) is 27.9 Å². The summed E-state index contributed by atoms with van der Waals surface area (Å²) in [6, 6.07) is 5.09. The zero-order valence-electron chi connectivity index (χ0n) is 15.1. The van der Waals surface area contributed by atoms with Crippen molar-refractivity contribution in [3.05, 3.63) is 41.1 Å². The number of nitrogens with zero attached hydrogens (tertiary/aromatic N) is 2. The van der Waals surface area contributed by atoms with Gasteiger partial charge in [-0.25, -0.2) is 4.68 Å². The molecule has 0 spiro atoms. The van der Waals surface area contributed by atoms with Crippen molar-refractivity contribution in [1.29, 1.82) is 0 Å². The Morgan fingerprint density at radius 1 is 1.26 bits per heavy atom. The van der Waals surface area contributed by atoms with Crippen molar-refractivity contribution in [3.63, 3.8) is 0 Å². The Hall–Kier alpha value is -2.51. The lowest BCUT2D eigenvalue weighted by molar-refractivity contribution is -0.174. The van der Waals surface area contributed by atoms with Gasteiger partial charge in [-0.2, -0.15) is 18.3 Å². The van der Waals surface area contributed by atoms with Crippen molar-refractivity contribution in [1.82, 2.24) is 9.78 Å². The van der Waals surface area contributed by atoms with E-state index in [4.69, 9.17) is 0 Å². The van der Waals surface area contributed by atoms with E-state index in [0.29, 0.717) is 5.69 Å². The molecule has 8 heteroatoms. The van der Waals surface area contributed by atoms with E-state index >= 15 is 0 Å². The standard InChI is InChI=1S/C19H21F3N4O/c1-10-4-3-5-11(2)17(10)24-18(27)14-9-16-23-13(12-6-7-12)8-15(19(20,21)22)26(16)25-14/h3-5,9,12-13,15,23H,6-8H2,1-2H3,(H,24,27)/t13-,15+/m0/s1. The normalized spacial score (nSPS) is 22.1. The number of carbonyl (C=O) groups excluding carboxylic acids is 1. The third-order valence-corrected chi connectivity index (χ3v) is 5.36. The molecule has 0 saturated heterocycles. The number of nitrogens with one attached hydrogen (secondary N) is 2. The van der Waals surface area contributed by atoms with Crippen molar-refractivity contribution in [2.24, 2.45) is 5.92 Å². The second-order valence-electron chi connectivity index (χ2n) is 7.46. The summed E-state index contributed by atoms with van der Waals surface area (Å²) in [5.74, 6) is 0.0116. The first-order valence-electron chi connectivity index (χ1n) is 9.04. The summed E-state index contributed by atoms with van der Waals surface area (Å²) in [7, 11) is 0. The summed E-state index contributed by atoms with van der Waals surface area (Å²) in [5, 5.41) is 9.91. The van der Waals surface area contributed by atoms with Gasteiger partial charge in [0.05, 0.1) is 0 Å². The highest BCUT2D eigenvalue weighted by atomic mass is 19.4. The van der Waals surface area contributed by atoms with Crippen LogP contribution in [0.2, 0.25) is 0 Å². The fraction of sp³-hybridized carbons (Fsp3) is 0.474. The van der Waals surface area contributed by atoms with Crippen molar-refractivity contribution in [3.8, 4) is 0 Å². The van der Waals surface area contributed by atoms with Gasteiger partial charge in [-0.15, -0.1) is 0 Å². The summed E-state index contributed by atoms with van der Waals surface area (Å²) >= 11 is 0. The molecule has 1 aliphatic heterocycles. The Balaban J connectivity index is 1.63. The topological polar surface area (TPSA) is 59.0 Å². The van der Waals surface area contributed by atoms with E-state index in [9.17, 15) is 18.0 Å². The third kappa shape index (κ3) is 3.40. The molecule has 2 aromatic rings. The van der Waals surface area contributed by atoms with E-state index in [1.165, 1.54) is 6.07 Å². The summed E-state index contributed by atoms with van der Waals surface area (Å²) in [6.45, 7) is 3.73. The van der Waals surface area contributed by atoms with Crippen LogP contribution in [0.4, 0.5) is 24.7 Å². The number of aromatic nitrogens is 2. The number of hydrogen-bond donors (Lipinski definition) is 2. The number of fused-ring (bicyclic) bond motifs is 1. The zero-order chi connectivity index (χ0) is 19.3. The Bertz CT molecular complexity index is 865. The third-order valence-electron chi connectivity index (χ3n) is 5.36. The Morgan fingerprint density at radius 2 is 1.93 bits per heavy atom. The lowest BCUT2D eigenvalue weighted by atomic mass is 10.0. The smallest absolute Gasteiger partial charge is 0.367 e. The van der Waals surface area contributed by atoms with E-state index in [1.54, 1.807) is 0 Å². The van der Waals surface area contributed by atoms with E-state index in [0.717, 1.165) is 28.7 Å². The average Bonchev–Trinajstić information content (AvgIpc) is 3.35. The fourth-order valence-electron chi connectivity index (χ4n) is 3.71. The van der Waals surface area contributed by atoms with E-state index in [1.807, 2.05) is 32.0 Å². The second kappa shape index (κ2) is 6.28. The SMILES string of the molecule is Cc1cccc(C)c1NC(=O)c1cc2n(n1)[C@@H](C(F)(F)F)C[C@@H](C1CC1)N2. The maximum atomic E-state index is 13.6. The average molecular weight is 378 g/mol. The highest BCUT2D eigenvalue weighted by Crippen LogP contribution is 2.45. The van der Waals surface area contributed by atoms with Crippen LogP contribution in [0.3, 0.4) is 0 Å².